The third kappa shape index (κ3) is 3.38. The van der Waals surface area contributed by atoms with Crippen LogP contribution in [0.2, 0.25) is 0 Å². The van der Waals surface area contributed by atoms with Crippen molar-refractivity contribution in [1.82, 2.24) is 0 Å². The Kier molecular flexibility index (Phi) is 4.46. The van der Waals surface area contributed by atoms with Crippen LogP contribution in [0.4, 0.5) is 0 Å². The average molecular weight is 183 g/mol. The summed E-state index contributed by atoms with van der Waals surface area (Å²) in [6.07, 6.45) is 7.36. The molecule has 0 spiro atoms. The maximum absolute atomic E-state index is 10.2. The van der Waals surface area contributed by atoms with Gasteiger partial charge in [-0.25, -0.2) is 0 Å². The van der Waals surface area contributed by atoms with E-state index in [9.17, 15) is 5.11 Å². The molecule has 0 aliphatic heterocycles. The van der Waals surface area contributed by atoms with E-state index in [-0.39, 0.29) is 5.41 Å². The fraction of sp³-hybridized carbons (Fsp3) is 0.818. The fourth-order valence-electron chi connectivity index (χ4n) is 1.27. The molecule has 1 atom stereocenters. The van der Waals surface area contributed by atoms with Crippen molar-refractivity contribution < 1.29 is 5.11 Å². The second-order valence-corrected chi connectivity index (χ2v) is 4.54. The van der Waals surface area contributed by atoms with Crippen LogP contribution < -0.4 is 5.73 Å². The molecular weight excluding hydrogens is 162 g/mol. The van der Waals surface area contributed by atoms with Gasteiger partial charge in [0.2, 0.25) is 0 Å². The van der Waals surface area contributed by atoms with Crippen LogP contribution in [0.15, 0.2) is 0 Å². The number of aliphatic hydroxyl groups is 1. The number of nitrogens with two attached hydrogens (primary N) is 1. The maximum atomic E-state index is 10.2. The van der Waals surface area contributed by atoms with Gasteiger partial charge in [-0.3, -0.25) is 0 Å². The highest BCUT2D eigenvalue weighted by atomic mass is 16.3. The van der Waals surface area contributed by atoms with Crippen LogP contribution in [-0.4, -0.2) is 17.3 Å². The van der Waals surface area contributed by atoms with Gasteiger partial charge in [0.1, 0.15) is 0 Å². The zero-order valence-electron chi connectivity index (χ0n) is 8.93. The second-order valence-electron chi connectivity index (χ2n) is 4.54. The van der Waals surface area contributed by atoms with Gasteiger partial charge < -0.3 is 10.8 Å². The first-order valence-electron chi connectivity index (χ1n) is 4.73. The maximum Gasteiger partial charge on any atom is 0.0817 e. The molecule has 2 heteroatoms. The predicted octanol–water partition coefficient (Wildman–Crippen LogP) is 1.53. The van der Waals surface area contributed by atoms with Crippen molar-refractivity contribution >= 4 is 0 Å². The van der Waals surface area contributed by atoms with Crippen LogP contribution in [0, 0.1) is 17.8 Å². The minimum absolute atomic E-state index is 0.184. The number of hydrogen-bond donors (Lipinski definition) is 2. The van der Waals surface area contributed by atoms with Crippen LogP contribution >= 0.6 is 0 Å². The summed E-state index contributed by atoms with van der Waals surface area (Å²) in [6.45, 7) is 6.28. The molecule has 0 aromatic rings. The van der Waals surface area contributed by atoms with Crippen molar-refractivity contribution in [2.45, 2.75) is 45.6 Å². The lowest BCUT2D eigenvalue weighted by Gasteiger charge is -2.39. The van der Waals surface area contributed by atoms with Crippen LogP contribution in [0.1, 0.15) is 40.0 Å². The SMILES string of the molecule is C#CCCCC(O)(CN)C(C)(C)C. The number of unbranched alkanes of at least 4 members (excludes halogenated alkanes) is 1. The topological polar surface area (TPSA) is 46.2 Å². The largest absolute Gasteiger partial charge is 0.388 e. The van der Waals surface area contributed by atoms with Gasteiger partial charge in [0.25, 0.3) is 0 Å². The number of rotatable bonds is 4. The van der Waals surface area contributed by atoms with Gasteiger partial charge in [0, 0.05) is 13.0 Å². The Labute approximate surface area is 81.5 Å². The standard InChI is InChI=1S/C11H21NO/c1-5-6-7-8-11(13,9-12)10(2,3)4/h1,13H,6-9,12H2,2-4H3. The molecule has 0 saturated heterocycles. The van der Waals surface area contributed by atoms with Crippen molar-refractivity contribution in [3.63, 3.8) is 0 Å². The molecule has 0 bridgehead atoms. The summed E-state index contributed by atoms with van der Waals surface area (Å²) in [6, 6.07) is 0. The molecule has 2 nitrogen and oxygen atoms in total. The second kappa shape index (κ2) is 4.64. The zero-order valence-corrected chi connectivity index (χ0v) is 8.93. The van der Waals surface area contributed by atoms with Crippen molar-refractivity contribution in [1.29, 1.82) is 0 Å². The predicted molar refractivity (Wildman–Crippen MR) is 56.1 cm³/mol. The van der Waals surface area contributed by atoms with Gasteiger partial charge in [-0.1, -0.05) is 20.8 Å². The molecule has 0 aromatic heterocycles. The Balaban J connectivity index is 4.23. The molecule has 0 aromatic carbocycles. The first-order valence-corrected chi connectivity index (χ1v) is 4.73. The van der Waals surface area contributed by atoms with E-state index in [0.717, 1.165) is 6.42 Å². The van der Waals surface area contributed by atoms with Gasteiger partial charge in [-0.2, -0.15) is 0 Å². The van der Waals surface area contributed by atoms with Gasteiger partial charge in [0.15, 0.2) is 0 Å². The molecule has 0 aliphatic carbocycles. The molecule has 0 aliphatic rings. The fourth-order valence-corrected chi connectivity index (χ4v) is 1.27. The lowest BCUT2D eigenvalue weighted by atomic mass is 9.73. The molecule has 0 saturated carbocycles. The Morgan fingerprint density at radius 2 is 1.92 bits per heavy atom. The van der Waals surface area contributed by atoms with Gasteiger partial charge in [0.05, 0.1) is 5.60 Å². The normalized spacial score (nSPS) is 16.3. The summed E-state index contributed by atoms with van der Waals surface area (Å²) in [7, 11) is 0. The molecule has 1 unspecified atom stereocenters. The van der Waals surface area contributed by atoms with Crippen molar-refractivity contribution in [3.05, 3.63) is 0 Å². The summed E-state index contributed by atoms with van der Waals surface area (Å²) >= 11 is 0. The van der Waals surface area contributed by atoms with Crippen molar-refractivity contribution in [2.75, 3.05) is 6.54 Å². The quantitative estimate of drug-likeness (QED) is 0.513. The van der Waals surface area contributed by atoms with Crippen LogP contribution in [-0.2, 0) is 0 Å². The Morgan fingerprint density at radius 3 is 2.23 bits per heavy atom. The molecule has 0 amide bonds. The molecule has 3 N–H and O–H groups in total. The number of hydrogen-bond acceptors (Lipinski definition) is 2. The minimum Gasteiger partial charge on any atom is -0.388 e. The summed E-state index contributed by atoms with van der Waals surface area (Å²) in [5.41, 5.74) is 4.60. The Morgan fingerprint density at radius 1 is 1.38 bits per heavy atom. The average Bonchev–Trinajstić information content (AvgIpc) is 2.02. The number of terminal acetylenes is 1. The first kappa shape index (κ1) is 12.5. The first-order chi connectivity index (χ1) is 5.87. The monoisotopic (exact) mass is 183 g/mol. The summed E-state index contributed by atoms with van der Waals surface area (Å²) < 4.78 is 0. The van der Waals surface area contributed by atoms with Crippen LogP contribution in [0.3, 0.4) is 0 Å². The van der Waals surface area contributed by atoms with E-state index in [1.807, 2.05) is 20.8 Å². The van der Waals surface area contributed by atoms with E-state index < -0.39 is 5.60 Å². The summed E-state index contributed by atoms with van der Waals surface area (Å²) in [4.78, 5) is 0. The van der Waals surface area contributed by atoms with E-state index in [0.29, 0.717) is 19.4 Å². The molecule has 0 radical (unpaired) electrons. The van der Waals surface area contributed by atoms with E-state index in [1.165, 1.54) is 0 Å². The summed E-state index contributed by atoms with van der Waals surface area (Å²) in [5, 5.41) is 10.2. The highest BCUT2D eigenvalue weighted by Gasteiger charge is 2.37. The highest BCUT2D eigenvalue weighted by molar-refractivity contribution is 4.93. The van der Waals surface area contributed by atoms with Crippen molar-refractivity contribution in [2.24, 2.45) is 11.1 Å². The third-order valence-corrected chi connectivity index (χ3v) is 2.65. The molecule has 0 rings (SSSR count). The lowest BCUT2D eigenvalue weighted by Crippen LogP contribution is -2.49. The van der Waals surface area contributed by atoms with E-state index in [2.05, 4.69) is 5.92 Å². The Bertz CT molecular complexity index is 187. The van der Waals surface area contributed by atoms with Gasteiger partial charge in [-0.05, 0) is 18.3 Å². The highest BCUT2D eigenvalue weighted by Crippen LogP contribution is 2.33. The zero-order chi connectivity index (χ0) is 10.5. The van der Waals surface area contributed by atoms with Crippen LogP contribution in [0.5, 0.6) is 0 Å². The lowest BCUT2D eigenvalue weighted by molar-refractivity contribution is -0.0572. The molecule has 76 valence electrons. The third-order valence-electron chi connectivity index (χ3n) is 2.65. The van der Waals surface area contributed by atoms with Gasteiger partial charge >= 0.3 is 0 Å². The molecular formula is C11H21NO. The summed E-state index contributed by atoms with van der Waals surface area (Å²) in [5.74, 6) is 2.56. The van der Waals surface area contributed by atoms with Crippen LogP contribution in [0.25, 0.3) is 0 Å². The van der Waals surface area contributed by atoms with E-state index in [4.69, 9.17) is 12.2 Å². The molecule has 0 fully saturated rings. The molecule has 13 heavy (non-hydrogen) atoms. The molecule has 0 heterocycles. The van der Waals surface area contributed by atoms with E-state index >= 15 is 0 Å². The van der Waals surface area contributed by atoms with E-state index in [1.54, 1.807) is 0 Å². The van der Waals surface area contributed by atoms with Gasteiger partial charge in [-0.15, -0.1) is 12.3 Å². The minimum atomic E-state index is -0.788. The van der Waals surface area contributed by atoms with Crippen molar-refractivity contribution in [3.8, 4) is 12.3 Å². The smallest absolute Gasteiger partial charge is 0.0817 e. The Hall–Kier alpha value is -0.520.